The first-order valence-corrected chi connectivity index (χ1v) is 8.52. The molecule has 1 aromatic heterocycles. The lowest BCUT2D eigenvalue weighted by molar-refractivity contribution is 0.00578. The summed E-state index contributed by atoms with van der Waals surface area (Å²) in [6.07, 6.45) is 2.78. The van der Waals surface area contributed by atoms with E-state index in [0.29, 0.717) is 16.3 Å². The Hall–Kier alpha value is -1.77. The van der Waals surface area contributed by atoms with E-state index in [1.165, 1.54) is 22.9 Å². The van der Waals surface area contributed by atoms with E-state index in [-0.39, 0.29) is 6.54 Å². The molecule has 0 N–H and O–H groups in total. The number of benzene rings is 1. The Balaban J connectivity index is 1.73. The van der Waals surface area contributed by atoms with Gasteiger partial charge in [-0.1, -0.05) is 22.9 Å². The molecule has 2 heterocycles. The van der Waals surface area contributed by atoms with Gasteiger partial charge in [0.2, 0.25) is 0 Å². The summed E-state index contributed by atoms with van der Waals surface area (Å²) in [5.74, 6) is -0.412. The second kappa shape index (κ2) is 6.76. The molecule has 5 nitrogen and oxygen atoms in total. The number of aromatic nitrogens is 3. The quantitative estimate of drug-likeness (QED) is 0.749. The Bertz CT molecular complexity index is 838. The first kappa shape index (κ1) is 19.0. The van der Waals surface area contributed by atoms with Crippen LogP contribution in [-0.4, -0.2) is 33.3 Å². The van der Waals surface area contributed by atoms with Gasteiger partial charge in [-0.25, -0.2) is 13.5 Å². The zero-order valence-corrected chi connectivity index (χ0v) is 15.7. The molecule has 138 valence electrons. The van der Waals surface area contributed by atoms with Crippen molar-refractivity contribution in [2.24, 2.45) is 0 Å². The highest BCUT2D eigenvalue weighted by Gasteiger charge is 2.53. The fourth-order valence-electron chi connectivity index (χ4n) is 2.45. The molecule has 0 spiro atoms. The number of halogens is 3. The zero-order chi connectivity index (χ0) is 19.1. The Morgan fingerprint density at radius 1 is 1.27 bits per heavy atom. The zero-order valence-electron chi connectivity index (χ0n) is 15.0. The van der Waals surface area contributed by atoms with Crippen LogP contribution in [-0.2, 0) is 15.9 Å². The van der Waals surface area contributed by atoms with Crippen LogP contribution in [0.3, 0.4) is 0 Å². The smallest absolute Gasteiger partial charge is 0.398 e. The second-order valence-electron chi connectivity index (χ2n) is 7.19. The van der Waals surface area contributed by atoms with E-state index < -0.39 is 29.9 Å². The summed E-state index contributed by atoms with van der Waals surface area (Å²) in [6.45, 7) is 7.69. The van der Waals surface area contributed by atoms with Gasteiger partial charge in [-0.2, -0.15) is 0 Å². The van der Waals surface area contributed by atoms with Gasteiger partial charge in [0.1, 0.15) is 17.2 Å². The van der Waals surface area contributed by atoms with Crippen LogP contribution in [0.2, 0.25) is 5.02 Å². The molecule has 1 saturated heterocycles. The second-order valence-corrected chi connectivity index (χ2v) is 7.60. The van der Waals surface area contributed by atoms with Gasteiger partial charge in [-0.3, -0.25) is 0 Å². The van der Waals surface area contributed by atoms with E-state index in [9.17, 15) is 8.78 Å². The lowest BCUT2D eigenvalue weighted by Crippen LogP contribution is -2.41. The molecule has 1 aromatic carbocycles. The van der Waals surface area contributed by atoms with Crippen LogP contribution in [0, 0.1) is 5.82 Å². The van der Waals surface area contributed by atoms with Crippen LogP contribution in [0.25, 0.3) is 6.08 Å². The maximum atomic E-state index is 14.5. The third kappa shape index (κ3) is 3.82. The molecular formula is C17H19BClF2N3O2. The molecule has 0 saturated carbocycles. The SMILES string of the molecule is CC1(C)OB(C(F)=Cc2cn(Cc3ccc(F)cc3Cl)nn2)OC1(C)C. The predicted octanol–water partition coefficient (Wildman–Crippen LogP) is 4.06. The molecule has 0 amide bonds. The van der Waals surface area contributed by atoms with Crippen molar-refractivity contribution in [2.45, 2.75) is 45.4 Å². The standard InChI is InChI=1S/C17H19BClF2N3O2/c1-16(2)17(3,4)26-18(25-16)15(21)8-13-10-24(23-22-13)9-11-5-6-12(20)7-14(11)19/h5-8,10H,9H2,1-4H3. The molecule has 2 aromatic rings. The first-order chi connectivity index (χ1) is 12.1. The Labute approximate surface area is 156 Å². The fraction of sp³-hybridized carbons (Fsp3) is 0.412. The van der Waals surface area contributed by atoms with E-state index >= 15 is 0 Å². The topological polar surface area (TPSA) is 49.2 Å². The van der Waals surface area contributed by atoms with Gasteiger partial charge >= 0.3 is 7.12 Å². The predicted molar refractivity (Wildman–Crippen MR) is 95.7 cm³/mol. The summed E-state index contributed by atoms with van der Waals surface area (Å²) < 4.78 is 40.4. The van der Waals surface area contributed by atoms with Crippen molar-refractivity contribution >= 4 is 24.8 Å². The van der Waals surface area contributed by atoms with E-state index in [2.05, 4.69) is 10.3 Å². The molecule has 0 bridgehead atoms. The van der Waals surface area contributed by atoms with Crippen molar-refractivity contribution in [3.63, 3.8) is 0 Å². The van der Waals surface area contributed by atoms with E-state index in [1.807, 2.05) is 27.7 Å². The van der Waals surface area contributed by atoms with Gasteiger partial charge in [0.25, 0.3) is 0 Å². The van der Waals surface area contributed by atoms with Crippen molar-refractivity contribution < 1.29 is 18.1 Å². The highest BCUT2D eigenvalue weighted by molar-refractivity contribution is 6.54. The summed E-state index contributed by atoms with van der Waals surface area (Å²) in [6, 6.07) is 4.11. The monoisotopic (exact) mass is 381 g/mol. The number of rotatable bonds is 4. The Kier molecular flexibility index (Phi) is 4.94. The molecule has 9 heteroatoms. The molecule has 0 unspecified atom stereocenters. The maximum absolute atomic E-state index is 14.5. The summed E-state index contributed by atoms with van der Waals surface area (Å²) in [4.78, 5) is 0. The van der Waals surface area contributed by atoms with Gasteiger partial charge in [-0.15, -0.1) is 5.10 Å². The highest BCUT2D eigenvalue weighted by Crippen LogP contribution is 2.38. The summed E-state index contributed by atoms with van der Waals surface area (Å²) in [5.41, 5.74) is -0.842. The third-order valence-electron chi connectivity index (χ3n) is 4.67. The molecular weight excluding hydrogens is 362 g/mol. The lowest BCUT2D eigenvalue weighted by atomic mass is 9.87. The molecule has 1 aliphatic rings. The minimum absolute atomic E-state index is 0.290. The molecule has 3 rings (SSSR count). The molecule has 0 radical (unpaired) electrons. The van der Waals surface area contributed by atoms with Gasteiger partial charge < -0.3 is 9.31 Å². The molecule has 1 aliphatic heterocycles. The third-order valence-corrected chi connectivity index (χ3v) is 5.02. The minimum atomic E-state index is -1.09. The minimum Gasteiger partial charge on any atom is -0.398 e. The van der Waals surface area contributed by atoms with Crippen LogP contribution in [0.4, 0.5) is 8.78 Å². The summed E-state index contributed by atoms with van der Waals surface area (Å²) >= 11 is 6.00. The molecule has 1 fully saturated rings. The summed E-state index contributed by atoms with van der Waals surface area (Å²) in [7, 11) is -1.09. The number of hydrogen-bond acceptors (Lipinski definition) is 4. The lowest BCUT2D eigenvalue weighted by Gasteiger charge is -2.32. The van der Waals surface area contributed by atoms with Crippen LogP contribution in [0.5, 0.6) is 0 Å². The van der Waals surface area contributed by atoms with Gasteiger partial charge in [-0.05, 0) is 51.5 Å². The van der Waals surface area contributed by atoms with Crippen molar-refractivity contribution in [3.8, 4) is 0 Å². The fourth-order valence-corrected chi connectivity index (χ4v) is 2.67. The van der Waals surface area contributed by atoms with E-state index in [1.54, 1.807) is 12.3 Å². The molecule has 26 heavy (non-hydrogen) atoms. The summed E-state index contributed by atoms with van der Waals surface area (Å²) in [5, 5.41) is 8.14. The maximum Gasteiger partial charge on any atom is 0.525 e. The Morgan fingerprint density at radius 3 is 2.54 bits per heavy atom. The van der Waals surface area contributed by atoms with Gasteiger partial charge in [0, 0.05) is 5.02 Å². The number of nitrogens with zero attached hydrogens (tertiary/aromatic N) is 3. The van der Waals surface area contributed by atoms with Crippen LogP contribution >= 0.6 is 11.6 Å². The van der Waals surface area contributed by atoms with Gasteiger partial charge in [0.05, 0.1) is 23.9 Å². The number of hydrogen-bond donors (Lipinski definition) is 0. The normalized spacial score (nSPS) is 19.2. The largest absolute Gasteiger partial charge is 0.525 e. The van der Waals surface area contributed by atoms with E-state index in [4.69, 9.17) is 20.9 Å². The van der Waals surface area contributed by atoms with Crippen LogP contribution in [0.15, 0.2) is 30.1 Å². The van der Waals surface area contributed by atoms with Crippen molar-refractivity contribution in [1.82, 2.24) is 15.0 Å². The van der Waals surface area contributed by atoms with Crippen LogP contribution in [0.1, 0.15) is 39.0 Å². The van der Waals surface area contributed by atoms with Crippen LogP contribution < -0.4 is 0 Å². The Morgan fingerprint density at radius 2 is 1.92 bits per heavy atom. The van der Waals surface area contributed by atoms with E-state index in [0.717, 1.165) is 0 Å². The van der Waals surface area contributed by atoms with Crippen molar-refractivity contribution in [3.05, 3.63) is 52.2 Å². The van der Waals surface area contributed by atoms with Gasteiger partial charge in [0.15, 0.2) is 0 Å². The van der Waals surface area contributed by atoms with Crippen molar-refractivity contribution in [1.29, 1.82) is 0 Å². The average molecular weight is 382 g/mol. The van der Waals surface area contributed by atoms with Crippen molar-refractivity contribution in [2.75, 3.05) is 0 Å². The first-order valence-electron chi connectivity index (χ1n) is 8.14. The highest BCUT2D eigenvalue weighted by atomic mass is 35.5. The molecule has 0 aliphatic carbocycles. The average Bonchev–Trinajstić information content (AvgIpc) is 3.04. The molecule has 0 atom stereocenters.